The number of carbonyl (C=O) groups is 1. The third kappa shape index (κ3) is 3.30. The van der Waals surface area contributed by atoms with E-state index in [-0.39, 0.29) is 23.8 Å². The molecule has 1 amide bonds. The number of thiazole rings is 1. The third-order valence-electron chi connectivity index (χ3n) is 5.57. The van der Waals surface area contributed by atoms with Gasteiger partial charge >= 0.3 is 0 Å². The average molecular weight is 406 g/mol. The second-order valence-corrected chi connectivity index (χ2v) is 10.6. The highest BCUT2D eigenvalue weighted by Crippen LogP contribution is 2.46. The number of nitrogens with zero attached hydrogens (tertiary/aromatic N) is 3. The largest absolute Gasteiger partial charge is 0.337 e. The van der Waals surface area contributed by atoms with E-state index in [0.717, 1.165) is 16.3 Å². The van der Waals surface area contributed by atoms with E-state index >= 15 is 0 Å². The van der Waals surface area contributed by atoms with Crippen LogP contribution in [0, 0.1) is 25.7 Å². The van der Waals surface area contributed by atoms with Crippen LogP contribution >= 0.6 is 11.3 Å². The summed E-state index contributed by atoms with van der Waals surface area (Å²) in [4.78, 5) is 19.9. The standard InChI is InChI=1S/C19H23N3O3S2/c1-12-18(26-13(2)20-12)19(23)21-9-15-10-22(27(3,24)25)17(16(15)11-21)14-7-5-4-6-8-14/h4-8,15-17H,9-11H2,1-3H3/t15-,16-,17+/m1/s1. The third-order valence-corrected chi connectivity index (χ3v) is 7.86. The molecule has 0 saturated carbocycles. The molecule has 27 heavy (non-hydrogen) atoms. The number of rotatable bonds is 3. The minimum atomic E-state index is -3.31. The van der Waals surface area contributed by atoms with Gasteiger partial charge in [0.25, 0.3) is 5.91 Å². The molecule has 0 N–H and O–H groups in total. The minimum Gasteiger partial charge on any atom is -0.337 e. The molecular weight excluding hydrogens is 382 g/mol. The van der Waals surface area contributed by atoms with E-state index in [0.29, 0.717) is 24.5 Å². The van der Waals surface area contributed by atoms with Crippen molar-refractivity contribution in [2.45, 2.75) is 19.9 Å². The lowest BCUT2D eigenvalue weighted by atomic mass is 9.90. The smallest absolute Gasteiger partial charge is 0.265 e. The molecule has 2 fully saturated rings. The van der Waals surface area contributed by atoms with Gasteiger partial charge in [-0.15, -0.1) is 11.3 Å². The van der Waals surface area contributed by atoms with Gasteiger partial charge in [-0.1, -0.05) is 30.3 Å². The van der Waals surface area contributed by atoms with Crippen LogP contribution in [0.3, 0.4) is 0 Å². The second kappa shape index (κ2) is 6.68. The Morgan fingerprint density at radius 1 is 1.15 bits per heavy atom. The highest BCUT2D eigenvalue weighted by Gasteiger charge is 2.51. The van der Waals surface area contributed by atoms with Crippen molar-refractivity contribution in [2.75, 3.05) is 25.9 Å². The van der Waals surface area contributed by atoms with Crippen LogP contribution in [0.15, 0.2) is 30.3 Å². The van der Waals surface area contributed by atoms with E-state index in [1.807, 2.05) is 49.1 Å². The number of aromatic nitrogens is 1. The van der Waals surface area contributed by atoms with Gasteiger partial charge < -0.3 is 4.90 Å². The van der Waals surface area contributed by atoms with Crippen LogP contribution in [-0.4, -0.2) is 54.4 Å². The summed E-state index contributed by atoms with van der Waals surface area (Å²) in [6.45, 7) is 5.41. The van der Waals surface area contributed by atoms with Gasteiger partial charge in [0, 0.05) is 25.6 Å². The molecule has 2 aliphatic rings. The van der Waals surface area contributed by atoms with Crippen molar-refractivity contribution in [3.8, 4) is 0 Å². The van der Waals surface area contributed by atoms with Crippen LogP contribution in [0.25, 0.3) is 0 Å². The van der Waals surface area contributed by atoms with E-state index in [2.05, 4.69) is 4.98 Å². The molecule has 0 bridgehead atoms. The number of carbonyl (C=O) groups excluding carboxylic acids is 1. The highest BCUT2D eigenvalue weighted by atomic mass is 32.2. The van der Waals surface area contributed by atoms with Crippen LogP contribution < -0.4 is 0 Å². The van der Waals surface area contributed by atoms with Crippen molar-refractivity contribution in [3.63, 3.8) is 0 Å². The SMILES string of the molecule is Cc1nc(C)c(C(=O)N2C[C@@H]3CN(S(C)(=O)=O)[C@@H](c4ccccc4)[C@@H]3C2)s1. The van der Waals surface area contributed by atoms with Crippen LogP contribution in [0.1, 0.15) is 32.0 Å². The zero-order valence-electron chi connectivity index (χ0n) is 15.6. The maximum Gasteiger partial charge on any atom is 0.265 e. The molecule has 3 atom stereocenters. The summed E-state index contributed by atoms with van der Waals surface area (Å²) in [5.74, 6) is 0.286. The molecular formula is C19H23N3O3S2. The molecule has 0 radical (unpaired) electrons. The fourth-order valence-corrected chi connectivity index (χ4v) is 6.49. The van der Waals surface area contributed by atoms with E-state index < -0.39 is 10.0 Å². The summed E-state index contributed by atoms with van der Waals surface area (Å²) in [6, 6.07) is 9.54. The topological polar surface area (TPSA) is 70.6 Å². The van der Waals surface area contributed by atoms with Gasteiger partial charge in [0.15, 0.2) is 0 Å². The fourth-order valence-electron chi connectivity index (χ4n) is 4.45. The summed E-state index contributed by atoms with van der Waals surface area (Å²) in [6.07, 6.45) is 1.27. The molecule has 2 aliphatic heterocycles. The van der Waals surface area contributed by atoms with Gasteiger partial charge in [-0.2, -0.15) is 4.31 Å². The van der Waals surface area contributed by atoms with Crippen molar-refractivity contribution < 1.29 is 13.2 Å². The van der Waals surface area contributed by atoms with Crippen molar-refractivity contribution in [3.05, 3.63) is 51.5 Å². The molecule has 2 saturated heterocycles. The summed E-state index contributed by atoms with van der Waals surface area (Å²) >= 11 is 1.43. The number of sulfonamides is 1. The Bertz CT molecular complexity index is 971. The van der Waals surface area contributed by atoms with E-state index in [1.54, 1.807) is 4.31 Å². The van der Waals surface area contributed by atoms with Gasteiger partial charge in [0.2, 0.25) is 10.0 Å². The molecule has 2 aromatic rings. The van der Waals surface area contributed by atoms with Gasteiger partial charge in [-0.3, -0.25) is 4.79 Å². The number of benzene rings is 1. The molecule has 0 spiro atoms. The first-order valence-electron chi connectivity index (χ1n) is 9.01. The van der Waals surface area contributed by atoms with E-state index in [1.165, 1.54) is 17.6 Å². The van der Waals surface area contributed by atoms with E-state index in [9.17, 15) is 13.2 Å². The summed E-state index contributed by atoms with van der Waals surface area (Å²) < 4.78 is 26.4. The predicted molar refractivity (Wildman–Crippen MR) is 105 cm³/mol. The van der Waals surface area contributed by atoms with Crippen molar-refractivity contribution in [1.29, 1.82) is 0 Å². The second-order valence-electron chi connectivity index (χ2n) is 7.47. The number of hydrogen-bond acceptors (Lipinski definition) is 5. The molecule has 1 aromatic carbocycles. The Hall–Kier alpha value is -1.77. The zero-order chi connectivity index (χ0) is 19.3. The Morgan fingerprint density at radius 3 is 2.44 bits per heavy atom. The van der Waals surface area contributed by atoms with Gasteiger partial charge in [-0.05, 0) is 25.3 Å². The van der Waals surface area contributed by atoms with Gasteiger partial charge in [0.1, 0.15) is 4.88 Å². The lowest BCUT2D eigenvalue weighted by molar-refractivity contribution is 0.0777. The number of amides is 1. The Labute approximate surface area is 163 Å². The van der Waals surface area contributed by atoms with Gasteiger partial charge in [0.05, 0.1) is 23.0 Å². The fraction of sp³-hybridized carbons (Fsp3) is 0.474. The summed E-state index contributed by atoms with van der Waals surface area (Å²) in [7, 11) is -3.31. The van der Waals surface area contributed by atoms with Crippen molar-refractivity contribution in [2.24, 2.45) is 11.8 Å². The lowest BCUT2D eigenvalue weighted by Crippen LogP contribution is -2.37. The molecule has 0 unspecified atom stereocenters. The maximum absolute atomic E-state index is 13.0. The Kier molecular flexibility index (Phi) is 4.60. The first kappa shape index (κ1) is 18.6. The summed E-state index contributed by atoms with van der Waals surface area (Å²) in [5, 5.41) is 0.889. The van der Waals surface area contributed by atoms with Crippen molar-refractivity contribution >= 4 is 27.3 Å². The van der Waals surface area contributed by atoms with Crippen LogP contribution in [-0.2, 0) is 10.0 Å². The first-order chi connectivity index (χ1) is 12.8. The quantitative estimate of drug-likeness (QED) is 0.787. The number of aryl methyl sites for hydroxylation is 2. The zero-order valence-corrected chi connectivity index (χ0v) is 17.3. The molecule has 144 valence electrons. The van der Waals surface area contributed by atoms with Gasteiger partial charge in [-0.25, -0.2) is 13.4 Å². The normalized spacial score (nSPS) is 25.7. The molecule has 8 heteroatoms. The van der Waals surface area contributed by atoms with E-state index in [4.69, 9.17) is 0 Å². The van der Waals surface area contributed by atoms with Crippen molar-refractivity contribution in [1.82, 2.24) is 14.2 Å². The first-order valence-corrected chi connectivity index (χ1v) is 11.7. The molecule has 4 rings (SSSR count). The van der Waals surface area contributed by atoms with Crippen LogP contribution in [0.5, 0.6) is 0 Å². The Morgan fingerprint density at radius 2 is 1.85 bits per heavy atom. The number of likely N-dealkylation sites (tertiary alicyclic amines) is 1. The van der Waals surface area contributed by atoms with Crippen LogP contribution in [0.4, 0.5) is 0 Å². The summed E-state index contributed by atoms with van der Waals surface area (Å²) in [5.41, 5.74) is 1.77. The Balaban J connectivity index is 1.63. The molecule has 3 heterocycles. The molecule has 0 aliphatic carbocycles. The number of fused-ring (bicyclic) bond motifs is 1. The highest BCUT2D eigenvalue weighted by molar-refractivity contribution is 7.88. The minimum absolute atomic E-state index is 0.0187. The maximum atomic E-state index is 13.0. The average Bonchev–Trinajstić information content (AvgIpc) is 3.26. The molecule has 6 nitrogen and oxygen atoms in total. The lowest BCUT2D eigenvalue weighted by Gasteiger charge is -2.28. The molecule has 1 aromatic heterocycles. The monoisotopic (exact) mass is 405 g/mol. The number of hydrogen-bond donors (Lipinski definition) is 0. The van der Waals surface area contributed by atoms with Crippen LogP contribution in [0.2, 0.25) is 0 Å². The predicted octanol–water partition coefficient (Wildman–Crippen LogP) is 2.46.